The molecule has 0 heterocycles. The van der Waals surface area contributed by atoms with E-state index in [1.165, 1.54) is 0 Å². The van der Waals surface area contributed by atoms with Gasteiger partial charge in [0.2, 0.25) is 5.91 Å². The first-order valence-corrected chi connectivity index (χ1v) is 6.73. The lowest BCUT2D eigenvalue weighted by Crippen LogP contribution is -2.34. The van der Waals surface area contributed by atoms with Gasteiger partial charge in [0.1, 0.15) is 0 Å². The molecule has 0 aliphatic carbocycles. The molecular weight excluding hydrogens is 236 g/mol. The number of benzene rings is 1. The number of nitrogens with zero attached hydrogens (tertiary/aromatic N) is 1. The average molecular weight is 258 g/mol. The SMILES string of the molecule is C#CCCCCC(=O)N(CCN)Cc1ccccc1. The van der Waals surface area contributed by atoms with E-state index in [-0.39, 0.29) is 5.91 Å². The summed E-state index contributed by atoms with van der Waals surface area (Å²) in [4.78, 5) is 13.9. The summed E-state index contributed by atoms with van der Waals surface area (Å²) in [5.74, 6) is 2.75. The summed E-state index contributed by atoms with van der Waals surface area (Å²) in [5.41, 5.74) is 6.71. The maximum absolute atomic E-state index is 12.1. The number of hydrogen-bond donors (Lipinski definition) is 1. The number of hydrogen-bond acceptors (Lipinski definition) is 2. The van der Waals surface area contributed by atoms with Crippen LogP contribution < -0.4 is 5.73 Å². The van der Waals surface area contributed by atoms with Crippen molar-refractivity contribution in [1.82, 2.24) is 4.90 Å². The highest BCUT2D eigenvalue weighted by Gasteiger charge is 2.12. The third-order valence-electron chi connectivity index (χ3n) is 2.93. The first kappa shape index (κ1) is 15.3. The number of carbonyl (C=O) groups excluding carboxylic acids is 1. The van der Waals surface area contributed by atoms with Crippen molar-refractivity contribution in [3.63, 3.8) is 0 Å². The van der Waals surface area contributed by atoms with Crippen LogP contribution in [0.1, 0.15) is 31.2 Å². The average Bonchev–Trinajstić information content (AvgIpc) is 2.44. The molecule has 0 aliphatic rings. The van der Waals surface area contributed by atoms with Gasteiger partial charge in [-0.25, -0.2) is 0 Å². The van der Waals surface area contributed by atoms with E-state index in [4.69, 9.17) is 12.2 Å². The van der Waals surface area contributed by atoms with Gasteiger partial charge in [-0.2, -0.15) is 0 Å². The van der Waals surface area contributed by atoms with E-state index in [0.29, 0.717) is 26.1 Å². The van der Waals surface area contributed by atoms with Crippen molar-refractivity contribution in [2.45, 2.75) is 32.2 Å². The number of rotatable bonds is 8. The highest BCUT2D eigenvalue weighted by molar-refractivity contribution is 5.76. The molecule has 0 atom stereocenters. The number of carbonyl (C=O) groups is 1. The highest BCUT2D eigenvalue weighted by atomic mass is 16.2. The van der Waals surface area contributed by atoms with Crippen molar-refractivity contribution >= 4 is 5.91 Å². The molecule has 0 bridgehead atoms. The zero-order valence-corrected chi connectivity index (χ0v) is 11.3. The predicted molar refractivity (Wildman–Crippen MR) is 78.2 cm³/mol. The molecule has 0 saturated carbocycles. The largest absolute Gasteiger partial charge is 0.337 e. The normalized spacial score (nSPS) is 9.89. The van der Waals surface area contributed by atoms with E-state index in [0.717, 1.165) is 24.8 Å². The second kappa shape index (κ2) is 9.18. The molecule has 0 spiro atoms. The molecule has 0 unspecified atom stereocenters. The molecule has 1 rings (SSSR count). The smallest absolute Gasteiger partial charge is 0.222 e. The van der Waals surface area contributed by atoms with E-state index in [1.54, 1.807) is 0 Å². The first-order valence-electron chi connectivity index (χ1n) is 6.73. The van der Waals surface area contributed by atoms with E-state index in [2.05, 4.69) is 5.92 Å². The second-order valence-corrected chi connectivity index (χ2v) is 4.50. The van der Waals surface area contributed by atoms with Crippen molar-refractivity contribution in [3.8, 4) is 12.3 Å². The first-order chi connectivity index (χ1) is 9.27. The van der Waals surface area contributed by atoms with E-state index in [1.807, 2.05) is 35.2 Å². The van der Waals surface area contributed by atoms with Gasteiger partial charge in [0.15, 0.2) is 0 Å². The maximum Gasteiger partial charge on any atom is 0.222 e. The lowest BCUT2D eigenvalue weighted by Gasteiger charge is -2.22. The molecule has 0 aliphatic heterocycles. The number of amides is 1. The summed E-state index contributed by atoms with van der Waals surface area (Å²) in [5, 5.41) is 0. The molecule has 1 aromatic carbocycles. The third-order valence-corrected chi connectivity index (χ3v) is 2.93. The lowest BCUT2D eigenvalue weighted by atomic mass is 10.1. The Kier molecular flexibility index (Phi) is 7.38. The van der Waals surface area contributed by atoms with Crippen LogP contribution in [0.2, 0.25) is 0 Å². The molecule has 1 amide bonds. The molecular formula is C16H22N2O. The second-order valence-electron chi connectivity index (χ2n) is 4.50. The van der Waals surface area contributed by atoms with Gasteiger partial charge in [-0.3, -0.25) is 4.79 Å². The van der Waals surface area contributed by atoms with Crippen LogP contribution in [0.4, 0.5) is 0 Å². The number of terminal acetylenes is 1. The van der Waals surface area contributed by atoms with Gasteiger partial charge in [0.05, 0.1) is 0 Å². The van der Waals surface area contributed by atoms with Crippen molar-refractivity contribution in [1.29, 1.82) is 0 Å². The van der Waals surface area contributed by atoms with Gasteiger partial charge in [0, 0.05) is 32.5 Å². The van der Waals surface area contributed by atoms with Gasteiger partial charge < -0.3 is 10.6 Å². The Morgan fingerprint density at radius 3 is 2.63 bits per heavy atom. The molecule has 19 heavy (non-hydrogen) atoms. The third kappa shape index (κ3) is 6.08. The summed E-state index contributed by atoms with van der Waals surface area (Å²) in [6.45, 7) is 1.72. The quantitative estimate of drug-likeness (QED) is 0.574. The Labute approximate surface area is 115 Å². The fourth-order valence-electron chi connectivity index (χ4n) is 1.91. The van der Waals surface area contributed by atoms with Crippen LogP contribution in [0.25, 0.3) is 0 Å². The predicted octanol–water partition coefficient (Wildman–Crippen LogP) is 2.17. The minimum absolute atomic E-state index is 0.159. The van der Waals surface area contributed by atoms with Crippen LogP contribution in [0.5, 0.6) is 0 Å². The molecule has 0 aromatic heterocycles. The molecule has 0 radical (unpaired) electrons. The Morgan fingerprint density at radius 2 is 2.00 bits per heavy atom. The van der Waals surface area contributed by atoms with Gasteiger partial charge in [-0.1, -0.05) is 30.3 Å². The number of unbranched alkanes of at least 4 members (excludes halogenated alkanes) is 2. The zero-order chi connectivity index (χ0) is 13.9. The summed E-state index contributed by atoms with van der Waals surface area (Å²) >= 11 is 0. The van der Waals surface area contributed by atoms with Crippen molar-refractivity contribution in [2.75, 3.05) is 13.1 Å². The summed E-state index contributed by atoms with van der Waals surface area (Å²) in [6.07, 6.45) is 8.24. The van der Waals surface area contributed by atoms with Crippen molar-refractivity contribution in [2.24, 2.45) is 5.73 Å². The zero-order valence-electron chi connectivity index (χ0n) is 11.3. The topological polar surface area (TPSA) is 46.3 Å². The van der Waals surface area contributed by atoms with Crippen LogP contribution in [0.15, 0.2) is 30.3 Å². The van der Waals surface area contributed by atoms with E-state index >= 15 is 0 Å². The molecule has 0 saturated heterocycles. The molecule has 3 nitrogen and oxygen atoms in total. The highest BCUT2D eigenvalue weighted by Crippen LogP contribution is 2.08. The van der Waals surface area contributed by atoms with Crippen LogP contribution in [-0.2, 0) is 11.3 Å². The summed E-state index contributed by atoms with van der Waals surface area (Å²) in [7, 11) is 0. The van der Waals surface area contributed by atoms with Crippen LogP contribution in [0.3, 0.4) is 0 Å². The van der Waals surface area contributed by atoms with Gasteiger partial charge in [-0.05, 0) is 18.4 Å². The molecule has 2 N–H and O–H groups in total. The Balaban J connectivity index is 2.47. The molecule has 102 valence electrons. The standard InChI is InChI=1S/C16H22N2O/c1-2-3-4-8-11-16(19)18(13-12-17)14-15-9-6-5-7-10-15/h1,5-7,9-10H,3-4,8,11-14,17H2. The number of nitrogens with two attached hydrogens (primary N) is 1. The fourth-order valence-corrected chi connectivity index (χ4v) is 1.91. The summed E-state index contributed by atoms with van der Waals surface area (Å²) in [6, 6.07) is 9.98. The lowest BCUT2D eigenvalue weighted by molar-refractivity contribution is -0.131. The molecule has 3 heteroatoms. The molecule has 0 fully saturated rings. The van der Waals surface area contributed by atoms with Gasteiger partial charge in [-0.15, -0.1) is 12.3 Å². The van der Waals surface area contributed by atoms with Crippen molar-refractivity contribution < 1.29 is 4.79 Å². The minimum Gasteiger partial charge on any atom is -0.337 e. The maximum atomic E-state index is 12.1. The Morgan fingerprint density at radius 1 is 1.26 bits per heavy atom. The van der Waals surface area contributed by atoms with Crippen LogP contribution >= 0.6 is 0 Å². The van der Waals surface area contributed by atoms with E-state index < -0.39 is 0 Å². The van der Waals surface area contributed by atoms with Gasteiger partial charge >= 0.3 is 0 Å². The monoisotopic (exact) mass is 258 g/mol. The van der Waals surface area contributed by atoms with E-state index in [9.17, 15) is 4.79 Å². The Hall–Kier alpha value is -1.79. The minimum atomic E-state index is 0.159. The fraction of sp³-hybridized carbons (Fsp3) is 0.438. The van der Waals surface area contributed by atoms with Gasteiger partial charge in [0.25, 0.3) is 0 Å². The van der Waals surface area contributed by atoms with Crippen LogP contribution in [0, 0.1) is 12.3 Å². The molecule has 1 aromatic rings. The van der Waals surface area contributed by atoms with Crippen molar-refractivity contribution in [3.05, 3.63) is 35.9 Å². The summed E-state index contributed by atoms with van der Waals surface area (Å²) < 4.78 is 0. The Bertz CT molecular complexity index is 409. The van der Waals surface area contributed by atoms with Crippen LogP contribution in [-0.4, -0.2) is 23.9 Å².